The van der Waals surface area contributed by atoms with Crippen LogP contribution in [0.2, 0.25) is 0 Å². The summed E-state index contributed by atoms with van der Waals surface area (Å²) in [6.07, 6.45) is 1.45. The number of allylic oxidation sites excluding steroid dienone is 1. The van der Waals surface area contributed by atoms with E-state index < -0.39 is 0 Å². The third kappa shape index (κ3) is 3.48. The number of halogens is 2. The molecule has 0 amide bonds. The molecule has 0 aromatic heterocycles. The third-order valence-electron chi connectivity index (χ3n) is 1.17. The number of benzene rings is 1. The molecule has 1 aromatic rings. The van der Waals surface area contributed by atoms with Gasteiger partial charge in [-0.2, -0.15) is 0 Å². The lowest BCUT2D eigenvalue weighted by Crippen LogP contribution is -1.68. The minimum atomic E-state index is 0.179. The van der Waals surface area contributed by atoms with Crippen molar-refractivity contribution in [1.29, 1.82) is 0 Å². The fourth-order valence-electron chi connectivity index (χ4n) is 0.695. The molecule has 0 atom stereocenters. The average molecular weight is 197 g/mol. The Morgan fingerprint density at radius 2 is 1.83 bits per heavy atom. The number of rotatable bonds is 0. The van der Waals surface area contributed by atoms with Gasteiger partial charge in [0.05, 0.1) is 0 Å². The van der Waals surface area contributed by atoms with Crippen molar-refractivity contribution in [3.05, 3.63) is 46.5 Å². The molecule has 0 radical (unpaired) electrons. The first-order valence-corrected chi connectivity index (χ1v) is 4.12. The summed E-state index contributed by atoms with van der Waals surface area (Å²) in [6.45, 7) is 0. The number of hydrogen-bond acceptors (Lipinski definition) is 0. The molecule has 0 aliphatic carbocycles. The molecule has 0 bridgehead atoms. The van der Waals surface area contributed by atoms with Crippen molar-refractivity contribution < 1.29 is 0 Å². The zero-order valence-corrected chi connectivity index (χ0v) is 7.73. The van der Waals surface area contributed by atoms with Gasteiger partial charge < -0.3 is 0 Å². The molecular weight excluding hydrogens is 191 g/mol. The van der Waals surface area contributed by atoms with Crippen LogP contribution in [0.15, 0.2) is 40.9 Å². The predicted octanol–water partition coefficient (Wildman–Crippen LogP) is 3.36. The van der Waals surface area contributed by atoms with Crippen LogP contribution in [0.25, 0.3) is 0 Å². The highest BCUT2D eigenvalue weighted by Crippen LogP contribution is 2.04. The molecule has 0 spiro atoms. The van der Waals surface area contributed by atoms with Crippen molar-refractivity contribution in [3.8, 4) is 11.8 Å². The van der Waals surface area contributed by atoms with Crippen molar-refractivity contribution >= 4 is 23.2 Å². The molecule has 0 fully saturated rings. The summed E-state index contributed by atoms with van der Waals surface area (Å²) < 4.78 is 0.179. The fraction of sp³-hybridized carbons (Fsp3) is 0. The Morgan fingerprint density at radius 1 is 1.17 bits per heavy atom. The monoisotopic (exact) mass is 196 g/mol. The van der Waals surface area contributed by atoms with Gasteiger partial charge in [-0.1, -0.05) is 53.2 Å². The highest BCUT2D eigenvalue weighted by atomic mass is 35.5. The van der Waals surface area contributed by atoms with E-state index in [1.54, 1.807) is 0 Å². The van der Waals surface area contributed by atoms with E-state index in [9.17, 15) is 0 Å². The normalized spacial score (nSPS) is 8.17. The topological polar surface area (TPSA) is 0 Å². The van der Waals surface area contributed by atoms with Gasteiger partial charge in [0.15, 0.2) is 0 Å². The maximum atomic E-state index is 5.37. The van der Waals surface area contributed by atoms with E-state index in [0.717, 1.165) is 5.56 Å². The second-order valence-corrected chi connectivity index (χ2v) is 3.08. The first-order valence-electron chi connectivity index (χ1n) is 3.37. The maximum absolute atomic E-state index is 5.37. The summed E-state index contributed by atoms with van der Waals surface area (Å²) >= 11 is 10.7. The van der Waals surface area contributed by atoms with Crippen molar-refractivity contribution in [1.82, 2.24) is 0 Å². The first kappa shape index (κ1) is 9.19. The summed E-state index contributed by atoms with van der Waals surface area (Å²) in [4.78, 5) is 0. The zero-order chi connectivity index (χ0) is 8.81. The van der Waals surface area contributed by atoms with Gasteiger partial charge >= 0.3 is 0 Å². The Bertz CT molecular complexity index is 324. The van der Waals surface area contributed by atoms with Crippen molar-refractivity contribution in [2.45, 2.75) is 0 Å². The molecule has 2 heteroatoms. The van der Waals surface area contributed by atoms with Crippen LogP contribution in [0.3, 0.4) is 0 Å². The van der Waals surface area contributed by atoms with Crippen LogP contribution in [0, 0.1) is 11.8 Å². The quantitative estimate of drug-likeness (QED) is 0.559. The molecule has 0 nitrogen and oxygen atoms in total. The summed E-state index contributed by atoms with van der Waals surface area (Å²) in [6, 6.07) is 9.63. The Balaban J connectivity index is 2.74. The van der Waals surface area contributed by atoms with Crippen molar-refractivity contribution in [2.24, 2.45) is 0 Å². The van der Waals surface area contributed by atoms with Gasteiger partial charge in [-0.05, 0) is 12.1 Å². The lowest BCUT2D eigenvalue weighted by molar-refractivity contribution is 1.65. The molecule has 1 aromatic carbocycles. The molecule has 0 N–H and O–H groups in total. The van der Waals surface area contributed by atoms with E-state index in [0.29, 0.717) is 0 Å². The maximum Gasteiger partial charge on any atom is 0.115 e. The van der Waals surface area contributed by atoms with Crippen molar-refractivity contribution in [2.75, 3.05) is 0 Å². The number of hydrogen-bond donors (Lipinski definition) is 0. The Kier molecular flexibility index (Phi) is 3.73. The second kappa shape index (κ2) is 4.87. The fourth-order valence-corrected chi connectivity index (χ4v) is 0.805. The first-order chi connectivity index (χ1) is 5.79. The van der Waals surface area contributed by atoms with Crippen molar-refractivity contribution in [3.63, 3.8) is 0 Å². The minimum absolute atomic E-state index is 0.179. The standard InChI is InChI=1S/C10H6Cl2/c11-10(12)8-4-7-9-5-2-1-3-6-9/h1-3,5-6,8H. The van der Waals surface area contributed by atoms with Crippen LogP contribution >= 0.6 is 23.2 Å². The molecule has 0 saturated heterocycles. The SMILES string of the molecule is ClC(Cl)=CC#Cc1ccccc1. The summed E-state index contributed by atoms with van der Waals surface area (Å²) in [5.41, 5.74) is 0.948. The van der Waals surface area contributed by atoms with E-state index in [1.807, 2.05) is 30.3 Å². The van der Waals surface area contributed by atoms with E-state index >= 15 is 0 Å². The van der Waals surface area contributed by atoms with Gasteiger partial charge in [-0.15, -0.1) is 0 Å². The van der Waals surface area contributed by atoms with E-state index in [2.05, 4.69) is 11.8 Å². The minimum Gasteiger partial charge on any atom is -0.0702 e. The molecule has 60 valence electrons. The Morgan fingerprint density at radius 3 is 2.42 bits per heavy atom. The summed E-state index contributed by atoms with van der Waals surface area (Å²) in [7, 11) is 0. The van der Waals surface area contributed by atoms with Gasteiger partial charge in [0.2, 0.25) is 0 Å². The Labute approximate surface area is 81.8 Å². The predicted molar refractivity (Wildman–Crippen MR) is 53.1 cm³/mol. The molecule has 0 aliphatic rings. The molecule has 12 heavy (non-hydrogen) atoms. The van der Waals surface area contributed by atoms with Crippen LogP contribution in [0.1, 0.15) is 5.56 Å². The molecule has 0 unspecified atom stereocenters. The lowest BCUT2D eigenvalue weighted by Gasteiger charge is -1.84. The van der Waals surface area contributed by atoms with Gasteiger partial charge in [0.1, 0.15) is 4.49 Å². The van der Waals surface area contributed by atoms with Crippen LogP contribution < -0.4 is 0 Å². The molecule has 0 aliphatic heterocycles. The molecule has 0 heterocycles. The second-order valence-electron chi connectivity index (χ2n) is 2.07. The van der Waals surface area contributed by atoms with Crippen LogP contribution in [-0.2, 0) is 0 Å². The van der Waals surface area contributed by atoms with Gasteiger partial charge in [0.25, 0.3) is 0 Å². The van der Waals surface area contributed by atoms with E-state index in [-0.39, 0.29) is 4.49 Å². The van der Waals surface area contributed by atoms with Gasteiger partial charge in [-0.3, -0.25) is 0 Å². The Hall–Kier alpha value is -0.900. The molecule has 0 saturated carbocycles. The molecule has 1 rings (SSSR count). The van der Waals surface area contributed by atoms with Crippen LogP contribution in [0.4, 0.5) is 0 Å². The highest BCUT2D eigenvalue weighted by Gasteiger charge is 1.80. The van der Waals surface area contributed by atoms with Gasteiger partial charge in [-0.25, -0.2) is 0 Å². The van der Waals surface area contributed by atoms with Gasteiger partial charge in [0, 0.05) is 11.6 Å². The van der Waals surface area contributed by atoms with E-state index in [1.165, 1.54) is 6.08 Å². The summed E-state index contributed by atoms with van der Waals surface area (Å²) in [5.74, 6) is 5.61. The van der Waals surface area contributed by atoms with Crippen LogP contribution in [-0.4, -0.2) is 0 Å². The highest BCUT2D eigenvalue weighted by molar-refractivity contribution is 6.56. The largest absolute Gasteiger partial charge is 0.115 e. The third-order valence-corrected chi connectivity index (χ3v) is 1.39. The smallest absolute Gasteiger partial charge is 0.0702 e. The zero-order valence-electron chi connectivity index (χ0n) is 6.22. The van der Waals surface area contributed by atoms with E-state index in [4.69, 9.17) is 23.2 Å². The van der Waals surface area contributed by atoms with Crippen LogP contribution in [0.5, 0.6) is 0 Å². The molecular formula is C10H6Cl2. The average Bonchev–Trinajstić information content (AvgIpc) is 2.05. The lowest BCUT2D eigenvalue weighted by atomic mass is 10.2. The summed E-state index contributed by atoms with van der Waals surface area (Å²) in [5, 5.41) is 0.